The summed E-state index contributed by atoms with van der Waals surface area (Å²) in [5.41, 5.74) is 7.20. The predicted molar refractivity (Wildman–Crippen MR) is 74.0 cm³/mol. The summed E-state index contributed by atoms with van der Waals surface area (Å²) < 4.78 is 0. The van der Waals surface area contributed by atoms with Gasteiger partial charge in [-0.05, 0) is 44.0 Å². The van der Waals surface area contributed by atoms with Gasteiger partial charge in [0.2, 0.25) is 11.8 Å². The molecule has 2 rings (SSSR count). The van der Waals surface area contributed by atoms with Crippen LogP contribution in [0.15, 0.2) is 18.2 Å². The van der Waals surface area contributed by atoms with Gasteiger partial charge in [-0.1, -0.05) is 12.5 Å². The molecule has 1 saturated heterocycles. The summed E-state index contributed by atoms with van der Waals surface area (Å²) in [7, 11) is 0. The second kappa shape index (κ2) is 5.84. The van der Waals surface area contributed by atoms with E-state index in [0.717, 1.165) is 31.4 Å². The molecule has 1 atom stereocenters. The zero-order valence-corrected chi connectivity index (χ0v) is 11.0. The topological polar surface area (TPSA) is 84.2 Å². The number of primary amides is 1. The van der Waals surface area contributed by atoms with Crippen LogP contribution in [0.1, 0.15) is 35.2 Å². The summed E-state index contributed by atoms with van der Waals surface area (Å²) in [4.78, 5) is 23.3. The Balaban J connectivity index is 2.11. The third kappa shape index (κ3) is 3.32. The number of rotatable bonds is 3. The Bertz CT molecular complexity index is 493. The van der Waals surface area contributed by atoms with Crippen molar-refractivity contribution < 1.29 is 9.59 Å². The standard InChI is InChI=1S/C14H19N3O2/c1-9-5-6-10(13(15)18)8-12(9)17-14(19)11-4-2-3-7-16-11/h5-6,8,11,16H,2-4,7H2,1H3,(H2,15,18)(H,17,19). The summed E-state index contributed by atoms with van der Waals surface area (Å²) in [5.74, 6) is -0.546. The molecular weight excluding hydrogens is 242 g/mol. The lowest BCUT2D eigenvalue weighted by Crippen LogP contribution is -2.43. The van der Waals surface area contributed by atoms with E-state index in [0.29, 0.717) is 11.3 Å². The third-order valence-electron chi connectivity index (χ3n) is 3.41. The van der Waals surface area contributed by atoms with Crippen molar-refractivity contribution in [2.24, 2.45) is 5.73 Å². The summed E-state index contributed by atoms with van der Waals surface area (Å²) in [6.07, 6.45) is 3.02. The number of benzene rings is 1. The molecular formula is C14H19N3O2. The van der Waals surface area contributed by atoms with Crippen LogP contribution < -0.4 is 16.4 Å². The van der Waals surface area contributed by atoms with Crippen molar-refractivity contribution in [3.63, 3.8) is 0 Å². The number of carbonyl (C=O) groups excluding carboxylic acids is 2. The second-order valence-corrected chi connectivity index (χ2v) is 4.89. The maximum absolute atomic E-state index is 12.1. The maximum atomic E-state index is 12.1. The molecule has 19 heavy (non-hydrogen) atoms. The number of amides is 2. The van der Waals surface area contributed by atoms with Crippen LogP contribution in [-0.4, -0.2) is 24.4 Å². The first kappa shape index (κ1) is 13.5. The molecule has 0 radical (unpaired) electrons. The van der Waals surface area contributed by atoms with Crippen LogP contribution in [0.2, 0.25) is 0 Å². The first-order valence-electron chi connectivity index (χ1n) is 6.52. The number of carbonyl (C=O) groups is 2. The molecule has 5 heteroatoms. The van der Waals surface area contributed by atoms with Crippen molar-refractivity contribution in [3.05, 3.63) is 29.3 Å². The van der Waals surface area contributed by atoms with Crippen LogP contribution in [0.5, 0.6) is 0 Å². The molecule has 1 aliphatic rings. The van der Waals surface area contributed by atoms with E-state index in [4.69, 9.17) is 5.73 Å². The molecule has 1 heterocycles. The number of anilines is 1. The lowest BCUT2D eigenvalue weighted by Gasteiger charge is -2.23. The molecule has 1 fully saturated rings. The fraction of sp³-hybridized carbons (Fsp3) is 0.429. The molecule has 5 nitrogen and oxygen atoms in total. The van der Waals surface area contributed by atoms with Crippen LogP contribution in [0.25, 0.3) is 0 Å². The van der Waals surface area contributed by atoms with Crippen molar-refractivity contribution in [1.29, 1.82) is 0 Å². The van der Waals surface area contributed by atoms with E-state index in [2.05, 4.69) is 10.6 Å². The molecule has 4 N–H and O–H groups in total. The van der Waals surface area contributed by atoms with Gasteiger partial charge in [0.25, 0.3) is 0 Å². The second-order valence-electron chi connectivity index (χ2n) is 4.89. The first-order chi connectivity index (χ1) is 9.08. The molecule has 2 amide bonds. The van der Waals surface area contributed by atoms with E-state index in [1.165, 1.54) is 0 Å². The smallest absolute Gasteiger partial charge is 0.248 e. The molecule has 0 bridgehead atoms. The fourth-order valence-corrected chi connectivity index (χ4v) is 2.21. The van der Waals surface area contributed by atoms with Crippen LogP contribution >= 0.6 is 0 Å². The van der Waals surface area contributed by atoms with Gasteiger partial charge in [0.05, 0.1) is 6.04 Å². The lowest BCUT2D eigenvalue weighted by molar-refractivity contribution is -0.118. The normalized spacial score (nSPS) is 18.9. The molecule has 0 aliphatic carbocycles. The van der Waals surface area contributed by atoms with Crippen LogP contribution in [0.4, 0.5) is 5.69 Å². The minimum absolute atomic E-state index is 0.0515. The highest BCUT2D eigenvalue weighted by atomic mass is 16.2. The monoisotopic (exact) mass is 261 g/mol. The van der Waals surface area contributed by atoms with E-state index < -0.39 is 5.91 Å². The van der Waals surface area contributed by atoms with E-state index >= 15 is 0 Å². The number of nitrogens with two attached hydrogens (primary N) is 1. The number of aryl methyl sites for hydroxylation is 1. The van der Waals surface area contributed by atoms with Gasteiger partial charge >= 0.3 is 0 Å². The number of nitrogens with one attached hydrogen (secondary N) is 2. The number of hydrogen-bond acceptors (Lipinski definition) is 3. The predicted octanol–water partition coefficient (Wildman–Crippen LogP) is 1.17. The van der Waals surface area contributed by atoms with E-state index in [9.17, 15) is 9.59 Å². The van der Waals surface area contributed by atoms with E-state index in [1.54, 1.807) is 18.2 Å². The Morgan fingerprint density at radius 1 is 1.37 bits per heavy atom. The zero-order valence-electron chi connectivity index (χ0n) is 11.0. The average Bonchev–Trinajstić information content (AvgIpc) is 2.42. The van der Waals surface area contributed by atoms with Crippen LogP contribution in [-0.2, 0) is 4.79 Å². The minimum Gasteiger partial charge on any atom is -0.366 e. The molecule has 1 aromatic rings. The third-order valence-corrected chi connectivity index (χ3v) is 3.41. The molecule has 0 spiro atoms. The van der Waals surface area contributed by atoms with Crippen molar-refractivity contribution in [2.45, 2.75) is 32.2 Å². The van der Waals surface area contributed by atoms with Gasteiger partial charge in [-0.3, -0.25) is 9.59 Å². The highest BCUT2D eigenvalue weighted by molar-refractivity contribution is 5.98. The molecule has 1 unspecified atom stereocenters. The Labute approximate surface area is 112 Å². The van der Waals surface area contributed by atoms with Crippen molar-refractivity contribution in [2.75, 3.05) is 11.9 Å². The molecule has 1 aliphatic heterocycles. The van der Waals surface area contributed by atoms with Gasteiger partial charge in [-0.25, -0.2) is 0 Å². The van der Waals surface area contributed by atoms with Crippen molar-refractivity contribution in [1.82, 2.24) is 5.32 Å². The summed E-state index contributed by atoms with van der Waals surface area (Å²) in [6, 6.07) is 4.92. The van der Waals surface area contributed by atoms with Crippen LogP contribution in [0, 0.1) is 6.92 Å². The molecule has 1 aromatic carbocycles. The minimum atomic E-state index is -0.494. The van der Waals surface area contributed by atoms with Gasteiger partial charge in [0, 0.05) is 11.3 Å². The van der Waals surface area contributed by atoms with E-state index in [1.807, 2.05) is 6.92 Å². The largest absolute Gasteiger partial charge is 0.366 e. The number of hydrogen-bond donors (Lipinski definition) is 3. The van der Waals surface area contributed by atoms with Crippen molar-refractivity contribution in [3.8, 4) is 0 Å². The lowest BCUT2D eigenvalue weighted by atomic mass is 10.0. The summed E-state index contributed by atoms with van der Waals surface area (Å²) >= 11 is 0. The van der Waals surface area contributed by atoms with Gasteiger partial charge < -0.3 is 16.4 Å². The quantitative estimate of drug-likeness (QED) is 0.763. The Morgan fingerprint density at radius 3 is 2.79 bits per heavy atom. The van der Waals surface area contributed by atoms with Gasteiger partial charge in [0.1, 0.15) is 0 Å². The SMILES string of the molecule is Cc1ccc(C(N)=O)cc1NC(=O)C1CCCCN1. The molecule has 0 saturated carbocycles. The average molecular weight is 261 g/mol. The Hall–Kier alpha value is -1.88. The summed E-state index contributed by atoms with van der Waals surface area (Å²) in [6.45, 7) is 2.76. The van der Waals surface area contributed by atoms with Gasteiger partial charge in [-0.2, -0.15) is 0 Å². The number of piperidine rings is 1. The van der Waals surface area contributed by atoms with E-state index in [-0.39, 0.29) is 11.9 Å². The maximum Gasteiger partial charge on any atom is 0.248 e. The first-order valence-corrected chi connectivity index (χ1v) is 6.52. The summed E-state index contributed by atoms with van der Waals surface area (Å²) in [5, 5.41) is 6.06. The molecule has 102 valence electrons. The van der Waals surface area contributed by atoms with Crippen LogP contribution in [0.3, 0.4) is 0 Å². The fourth-order valence-electron chi connectivity index (χ4n) is 2.21. The zero-order chi connectivity index (χ0) is 13.8. The van der Waals surface area contributed by atoms with Gasteiger partial charge in [0.15, 0.2) is 0 Å². The van der Waals surface area contributed by atoms with Gasteiger partial charge in [-0.15, -0.1) is 0 Å². The highest BCUT2D eigenvalue weighted by Gasteiger charge is 2.21. The Morgan fingerprint density at radius 2 is 2.16 bits per heavy atom. The Kier molecular flexibility index (Phi) is 4.16. The highest BCUT2D eigenvalue weighted by Crippen LogP contribution is 2.18. The molecule has 0 aromatic heterocycles. The van der Waals surface area contributed by atoms with Crippen molar-refractivity contribution >= 4 is 17.5 Å².